The monoisotopic (exact) mass is 376 g/mol. The number of piperidine rings is 1. The molecular weight excluding hydrogens is 352 g/mol. The molecule has 1 saturated heterocycles. The van der Waals surface area contributed by atoms with Crippen molar-refractivity contribution < 1.29 is 4.79 Å². The average molecular weight is 376 g/mol. The molecule has 1 atom stereocenters. The summed E-state index contributed by atoms with van der Waals surface area (Å²) in [5.41, 5.74) is 16.2. The number of amides is 1. The van der Waals surface area contributed by atoms with E-state index in [9.17, 15) is 4.79 Å². The molecule has 7 heteroatoms. The highest BCUT2D eigenvalue weighted by molar-refractivity contribution is 6.09. The van der Waals surface area contributed by atoms with E-state index in [4.69, 9.17) is 11.5 Å². The maximum absolute atomic E-state index is 12.9. The van der Waals surface area contributed by atoms with Crippen LogP contribution in [0.4, 0.5) is 17.1 Å². The second-order valence-corrected chi connectivity index (χ2v) is 7.32. The van der Waals surface area contributed by atoms with E-state index in [-0.39, 0.29) is 17.6 Å². The molecule has 0 bridgehead atoms. The predicted molar refractivity (Wildman–Crippen MR) is 113 cm³/mol. The normalized spacial score (nSPS) is 16.9. The third-order valence-electron chi connectivity index (χ3n) is 5.06. The molecule has 1 fully saturated rings. The van der Waals surface area contributed by atoms with Gasteiger partial charge in [-0.3, -0.25) is 9.78 Å². The lowest BCUT2D eigenvalue weighted by atomic mass is 10.1. The fourth-order valence-corrected chi connectivity index (χ4v) is 3.64. The minimum Gasteiger partial charge on any atom is -0.397 e. The van der Waals surface area contributed by atoms with Crippen LogP contribution in [-0.2, 0) is 0 Å². The number of rotatable bonds is 3. The first-order valence-corrected chi connectivity index (χ1v) is 9.44. The van der Waals surface area contributed by atoms with Crippen molar-refractivity contribution in [3.05, 3.63) is 54.0 Å². The quantitative estimate of drug-likeness (QED) is 0.648. The van der Waals surface area contributed by atoms with Gasteiger partial charge in [0.1, 0.15) is 0 Å². The molecular formula is C21H24N6O. The Kier molecular flexibility index (Phi) is 4.83. The summed E-state index contributed by atoms with van der Waals surface area (Å²) in [6.07, 6.45) is 5.40. The number of nitrogens with one attached hydrogen (secondary N) is 1. The van der Waals surface area contributed by atoms with Crippen molar-refractivity contribution in [2.75, 3.05) is 29.0 Å². The molecule has 1 aromatic carbocycles. The van der Waals surface area contributed by atoms with Crippen molar-refractivity contribution in [1.29, 1.82) is 0 Å². The minimum atomic E-state index is -0.350. The van der Waals surface area contributed by atoms with Gasteiger partial charge in [0.2, 0.25) is 0 Å². The lowest BCUT2D eigenvalue weighted by Crippen LogP contribution is -2.43. The Balaban J connectivity index is 1.64. The molecule has 3 aromatic rings. The molecule has 1 aliphatic rings. The first kappa shape index (κ1) is 18.2. The number of fused-ring (bicyclic) bond motifs is 1. The van der Waals surface area contributed by atoms with Gasteiger partial charge in [0.05, 0.1) is 28.8 Å². The average Bonchev–Trinajstić information content (AvgIpc) is 2.68. The van der Waals surface area contributed by atoms with E-state index in [1.165, 1.54) is 0 Å². The van der Waals surface area contributed by atoms with Crippen LogP contribution in [-0.4, -0.2) is 35.0 Å². The zero-order valence-electron chi connectivity index (χ0n) is 15.9. The molecule has 5 N–H and O–H groups in total. The smallest absolute Gasteiger partial charge is 0.276 e. The van der Waals surface area contributed by atoms with Crippen LogP contribution >= 0.6 is 0 Å². The van der Waals surface area contributed by atoms with Gasteiger partial charge in [-0.2, -0.15) is 0 Å². The van der Waals surface area contributed by atoms with Crippen LogP contribution in [0.5, 0.6) is 0 Å². The fourth-order valence-electron chi connectivity index (χ4n) is 3.64. The van der Waals surface area contributed by atoms with Crippen LogP contribution in [0.3, 0.4) is 0 Å². The van der Waals surface area contributed by atoms with E-state index < -0.39 is 0 Å². The van der Waals surface area contributed by atoms with E-state index in [0.29, 0.717) is 11.4 Å². The topological polar surface area (TPSA) is 110 Å². The van der Waals surface area contributed by atoms with Gasteiger partial charge >= 0.3 is 0 Å². The van der Waals surface area contributed by atoms with E-state index >= 15 is 0 Å². The Morgan fingerprint density at radius 3 is 2.96 bits per heavy atom. The molecule has 144 valence electrons. The number of nitrogen functional groups attached to an aromatic ring is 1. The largest absolute Gasteiger partial charge is 0.397 e. The van der Waals surface area contributed by atoms with E-state index in [2.05, 4.69) is 20.2 Å². The number of nitrogens with two attached hydrogens (primary N) is 2. The van der Waals surface area contributed by atoms with Gasteiger partial charge in [0.15, 0.2) is 5.69 Å². The number of pyridine rings is 2. The van der Waals surface area contributed by atoms with Crippen LogP contribution in [0.15, 0.2) is 42.7 Å². The maximum Gasteiger partial charge on any atom is 0.276 e. The second kappa shape index (κ2) is 7.44. The molecule has 2 aromatic heterocycles. The second-order valence-electron chi connectivity index (χ2n) is 7.32. The Morgan fingerprint density at radius 1 is 1.29 bits per heavy atom. The summed E-state index contributed by atoms with van der Waals surface area (Å²) in [6.45, 7) is 3.64. The molecule has 4 rings (SSSR count). The third-order valence-corrected chi connectivity index (χ3v) is 5.06. The summed E-state index contributed by atoms with van der Waals surface area (Å²) in [7, 11) is 0. The van der Waals surface area contributed by atoms with Crippen LogP contribution in [0, 0.1) is 6.92 Å². The Bertz CT molecular complexity index is 1030. The van der Waals surface area contributed by atoms with Crippen LogP contribution < -0.4 is 21.7 Å². The number of benzene rings is 1. The highest BCUT2D eigenvalue weighted by Crippen LogP contribution is 2.28. The number of nitrogens with zero attached hydrogens (tertiary/aromatic N) is 3. The number of hydrogen-bond acceptors (Lipinski definition) is 6. The summed E-state index contributed by atoms with van der Waals surface area (Å²) in [5.74, 6) is -0.350. The van der Waals surface area contributed by atoms with Crippen molar-refractivity contribution >= 4 is 33.9 Å². The first-order chi connectivity index (χ1) is 13.5. The predicted octanol–water partition coefficient (Wildman–Crippen LogP) is 2.70. The third kappa shape index (κ3) is 3.61. The summed E-state index contributed by atoms with van der Waals surface area (Å²) < 4.78 is 0. The summed E-state index contributed by atoms with van der Waals surface area (Å²) >= 11 is 0. The number of aryl methyl sites for hydroxylation is 1. The van der Waals surface area contributed by atoms with E-state index in [1.807, 2.05) is 31.2 Å². The van der Waals surface area contributed by atoms with Crippen molar-refractivity contribution in [1.82, 2.24) is 9.97 Å². The zero-order chi connectivity index (χ0) is 19.7. The summed E-state index contributed by atoms with van der Waals surface area (Å²) in [4.78, 5) is 23.8. The molecule has 0 radical (unpaired) electrons. The summed E-state index contributed by atoms with van der Waals surface area (Å²) in [6, 6.07) is 9.70. The SMILES string of the molecule is Cc1ccc2cc(N)c(C(=O)Nc3cnccc3N3CCC[C@H](N)C3)nc2c1. The van der Waals surface area contributed by atoms with Gasteiger partial charge in [-0.1, -0.05) is 12.1 Å². The molecule has 1 amide bonds. The lowest BCUT2D eigenvalue weighted by molar-refractivity contribution is 0.102. The van der Waals surface area contributed by atoms with Gasteiger partial charge in [-0.15, -0.1) is 0 Å². The van der Waals surface area contributed by atoms with Gasteiger partial charge in [0, 0.05) is 30.7 Å². The highest BCUT2D eigenvalue weighted by atomic mass is 16.1. The molecule has 0 spiro atoms. The first-order valence-electron chi connectivity index (χ1n) is 9.44. The minimum absolute atomic E-state index is 0.131. The molecule has 0 unspecified atom stereocenters. The molecule has 0 aliphatic carbocycles. The molecule has 7 nitrogen and oxygen atoms in total. The van der Waals surface area contributed by atoms with Gasteiger partial charge in [0.25, 0.3) is 5.91 Å². The van der Waals surface area contributed by atoms with Crippen molar-refractivity contribution in [2.45, 2.75) is 25.8 Å². The van der Waals surface area contributed by atoms with Crippen molar-refractivity contribution in [3.8, 4) is 0 Å². The molecule has 3 heterocycles. The zero-order valence-corrected chi connectivity index (χ0v) is 15.9. The van der Waals surface area contributed by atoms with Crippen LogP contribution in [0.1, 0.15) is 28.9 Å². The molecule has 1 aliphatic heterocycles. The number of anilines is 3. The molecule has 0 saturated carbocycles. The summed E-state index contributed by atoms with van der Waals surface area (Å²) in [5, 5.41) is 3.84. The van der Waals surface area contributed by atoms with Crippen molar-refractivity contribution in [3.63, 3.8) is 0 Å². The van der Waals surface area contributed by atoms with Gasteiger partial charge in [-0.05, 0) is 43.5 Å². The Hall–Kier alpha value is -3.19. The number of hydrogen-bond donors (Lipinski definition) is 3. The van der Waals surface area contributed by atoms with E-state index in [1.54, 1.807) is 18.5 Å². The number of carbonyl (C=O) groups excluding carboxylic acids is 1. The number of aromatic nitrogens is 2. The van der Waals surface area contributed by atoms with Crippen LogP contribution in [0.25, 0.3) is 10.9 Å². The fraction of sp³-hybridized carbons (Fsp3) is 0.286. The van der Waals surface area contributed by atoms with Crippen LogP contribution in [0.2, 0.25) is 0 Å². The standard InChI is InChI=1S/C21H24N6O/c1-13-4-5-14-10-16(23)20(25-17(14)9-13)21(28)26-18-11-24-7-6-19(18)27-8-2-3-15(22)12-27/h4-7,9-11,15H,2-3,8,12,22-23H2,1H3,(H,26,28)/t15-/m0/s1. The van der Waals surface area contributed by atoms with Crippen molar-refractivity contribution in [2.24, 2.45) is 5.73 Å². The van der Waals surface area contributed by atoms with E-state index in [0.717, 1.165) is 48.1 Å². The Morgan fingerprint density at radius 2 is 2.14 bits per heavy atom. The lowest BCUT2D eigenvalue weighted by Gasteiger charge is -2.33. The highest BCUT2D eigenvalue weighted by Gasteiger charge is 2.21. The van der Waals surface area contributed by atoms with Gasteiger partial charge in [-0.25, -0.2) is 4.98 Å². The van der Waals surface area contributed by atoms with Gasteiger partial charge < -0.3 is 21.7 Å². The maximum atomic E-state index is 12.9. The Labute approximate surface area is 163 Å². The number of carbonyl (C=O) groups is 1. The molecule has 28 heavy (non-hydrogen) atoms.